The predicted molar refractivity (Wildman–Crippen MR) is 99.7 cm³/mol. The molecule has 5 rings (SSSR count). The monoisotopic (exact) mass is 367 g/mol. The number of morpholine rings is 1. The Labute approximate surface area is 153 Å². The lowest BCUT2D eigenvalue weighted by Gasteiger charge is -2.26. The molecule has 0 atom stereocenters. The highest BCUT2D eigenvalue weighted by Crippen LogP contribution is 2.31. The predicted octanol–water partition coefficient (Wildman–Crippen LogP) is 3.19. The molecule has 4 aromatic rings. The highest BCUT2D eigenvalue weighted by atomic mass is 32.1. The van der Waals surface area contributed by atoms with Gasteiger partial charge in [-0.1, -0.05) is 11.3 Å². The summed E-state index contributed by atoms with van der Waals surface area (Å²) in [6, 6.07) is 6.08. The van der Waals surface area contributed by atoms with E-state index >= 15 is 0 Å². The average Bonchev–Trinajstić information content (AvgIpc) is 3.26. The lowest BCUT2D eigenvalue weighted by atomic mass is 10.1. The van der Waals surface area contributed by atoms with Gasteiger partial charge in [0.05, 0.1) is 13.2 Å². The molecule has 1 aromatic carbocycles. The number of H-pyrrole nitrogens is 1. The third kappa shape index (κ3) is 3.03. The third-order valence-electron chi connectivity index (χ3n) is 4.47. The zero-order chi connectivity index (χ0) is 17.3. The number of aromatic amines is 1. The Morgan fingerprint density at radius 2 is 2.08 bits per heavy atom. The van der Waals surface area contributed by atoms with Gasteiger partial charge in [0.2, 0.25) is 0 Å². The van der Waals surface area contributed by atoms with Crippen molar-refractivity contribution in [2.45, 2.75) is 6.54 Å². The van der Waals surface area contributed by atoms with E-state index in [4.69, 9.17) is 9.47 Å². The van der Waals surface area contributed by atoms with Crippen molar-refractivity contribution in [3.05, 3.63) is 42.4 Å². The summed E-state index contributed by atoms with van der Waals surface area (Å²) >= 11 is 1.39. The Kier molecular flexibility index (Phi) is 4.00. The number of hydrogen-bond donors (Lipinski definition) is 1. The van der Waals surface area contributed by atoms with Gasteiger partial charge in [-0.25, -0.2) is 9.97 Å². The van der Waals surface area contributed by atoms with E-state index in [0.717, 1.165) is 48.9 Å². The van der Waals surface area contributed by atoms with Crippen molar-refractivity contribution in [2.75, 3.05) is 26.3 Å². The molecule has 0 aliphatic carbocycles. The molecule has 0 bridgehead atoms. The number of nitrogens with zero attached hydrogens (tertiary/aromatic N) is 4. The van der Waals surface area contributed by atoms with Gasteiger partial charge in [-0.05, 0) is 17.7 Å². The fraction of sp³-hybridized carbons (Fsp3) is 0.278. The number of nitrogens with one attached hydrogen (secondary N) is 1. The van der Waals surface area contributed by atoms with Crippen LogP contribution in [0.1, 0.15) is 5.56 Å². The number of aromatic nitrogens is 4. The van der Waals surface area contributed by atoms with Crippen LogP contribution in [-0.4, -0.2) is 51.1 Å². The highest BCUT2D eigenvalue weighted by Gasteiger charge is 2.14. The largest absolute Gasteiger partial charge is 0.431 e. The van der Waals surface area contributed by atoms with E-state index in [-0.39, 0.29) is 0 Å². The molecule has 1 saturated heterocycles. The first-order chi connectivity index (χ1) is 12.8. The SMILES string of the molecule is c1cnc2sc(Oc3ccc4c(CN5CCOCC5)c[nH]c4c3)nc2n1. The summed E-state index contributed by atoms with van der Waals surface area (Å²) in [6.45, 7) is 4.51. The zero-order valence-corrected chi connectivity index (χ0v) is 14.8. The minimum Gasteiger partial charge on any atom is -0.431 e. The number of fused-ring (bicyclic) bond motifs is 2. The minimum absolute atomic E-state index is 0.547. The standard InChI is InChI=1S/C18H17N5O2S/c1-2-14-12(11-23-5-7-24-8-6-23)10-21-15(14)9-13(1)25-18-22-16-17(26-18)20-4-3-19-16/h1-4,9-10,21H,5-8,11H2. The van der Waals surface area contributed by atoms with E-state index in [9.17, 15) is 0 Å². The molecule has 0 amide bonds. The van der Waals surface area contributed by atoms with Gasteiger partial charge in [0.25, 0.3) is 5.19 Å². The van der Waals surface area contributed by atoms with Gasteiger partial charge in [-0.3, -0.25) is 4.90 Å². The Hall–Kier alpha value is -2.55. The van der Waals surface area contributed by atoms with Crippen LogP contribution in [0.2, 0.25) is 0 Å². The van der Waals surface area contributed by atoms with Crippen LogP contribution in [0.5, 0.6) is 10.9 Å². The first-order valence-electron chi connectivity index (χ1n) is 8.51. The number of rotatable bonds is 4. The second-order valence-electron chi connectivity index (χ2n) is 6.18. The van der Waals surface area contributed by atoms with E-state index in [1.807, 2.05) is 12.1 Å². The van der Waals surface area contributed by atoms with Crippen LogP contribution in [-0.2, 0) is 11.3 Å². The molecular weight excluding hydrogens is 350 g/mol. The van der Waals surface area contributed by atoms with Crippen molar-refractivity contribution in [1.29, 1.82) is 0 Å². The maximum Gasteiger partial charge on any atom is 0.282 e. The van der Waals surface area contributed by atoms with Gasteiger partial charge in [0.15, 0.2) is 10.5 Å². The molecule has 8 heteroatoms. The van der Waals surface area contributed by atoms with E-state index in [2.05, 4.69) is 37.1 Å². The number of hydrogen-bond acceptors (Lipinski definition) is 7. The summed E-state index contributed by atoms with van der Waals surface area (Å²) < 4.78 is 11.3. The normalized spacial score (nSPS) is 15.7. The fourth-order valence-electron chi connectivity index (χ4n) is 3.16. The highest BCUT2D eigenvalue weighted by molar-refractivity contribution is 7.19. The average molecular weight is 367 g/mol. The number of benzene rings is 1. The molecule has 0 unspecified atom stereocenters. The lowest BCUT2D eigenvalue weighted by molar-refractivity contribution is 0.0343. The fourth-order valence-corrected chi connectivity index (χ4v) is 3.90. The molecule has 7 nitrogen and oxygen atoms in total. The lowest BCUT2D eigenvalue weighted by Crippen LogP contribution is -2.35. The first-order valence-corrected chi connectivity index (χ1v) is 9.32. The molecule has 1 aliphatic heterocycles. The molecule has 4 heterocycles. The third-order valence-corrected chi connectivity index (χ3v) is 5.30. The van der Waals surface area contributed by atoms with Gasteiger partial charge in [0.1, 0.15) is 5.75 Å². The molecule has 1 aliphatic rings. The van der Waals surface area contributed by atoms with Gasteiger partial charge in [0, 0.05) is 55.2 Å². The molecule has 0 saturated carbocycles. The number of thiazole rings is 1. The van der Waals surface area contributed by atoms with Gasteiger partial charge < -0.3 is 14.5 Å². The molecule has 0 spiro atoms. The first kappa shape index (κ1) is 15.7. The van der Waals surface area contributed by atoms with Crippen LogP contribution < -0.4 is 4.74 Å². The minimum atomic E-state index is 0.547. The van der Waals surface area contributed by atoms with Crippen molar-refractivity contribution < 1.29 is 9.47 Å². The van der Waals surface area contributed by atoms with Gasteiger partial charge in [-0.2, -0.15) is 4.98 Å². The Balaban J connectivity index is 1.38. The summed E-state index contributed by atoms with van der Waals surface area (Å²) in [6.07, 6.45) is 5.37. The van der Waals surface area contributed by atoms with Crippen LogP contribution >= 0.6 is 11.3 Å². The summed E-state index contributed by atoms with van der Waals surface area (Å²) in [5.41, 5.74) is 2.96. The van der Waals surface area contributed by atoms with Gasteiger partial charge >= 0.3 is 0 Å². The molecule has 26 heavy (non-hydrogen) atoms. The quantitative estimate of drug-likeness (QED) is 0.597. The zero-order valence-electron chi connectivity index (χ0n) is 14.0. The summed E-state index contributed by atoms with van der Waals surface area (Å²) in [4.78, 5) is 19.3. The smallest absolute Gasteiger partial charge is 0.282 e. The van der Waals surface area contributed by atoms with Crippen molar-refractivity contribution in [1.82, 2.24) is 24.8 Å². The van der Waals surface area contributed by atoms with Crippen LogP contribution in [0.15, 0.2) is 36.8 Å². The van der Waals surface area contributed by atoms with Gasteiger partial charge in [-0.15, -0.1) is 0 Å². The Morgan fingerprint density at radius 1 is 1.19 bits per heavy atom. The van der Waals surface area contributed by atoms with Crippen LogP contribution in [0.4, 0.5) is 0 Å². The molecule has 1 fully saturated rings. The molecule has 3 aromatic heterocycles. The number of ether oxygens (including phenoxy) is 2. The van der Waals surface area contributed by atoms with E-state index in [1.165, 1.54) is 22.3 Å². The summed E-state index contributed by atoms with van der Waals surface area (Å²) in [7, 11) is 0. The van der Waals surface area contributed by atoms with Crippen LogP contribution in [0.25, 0.3) is 21.4 Å². The summed E-state index contributed by atoms with van der Waals surface area (Å²) in [5, 5.41) is 1.77. The van der Waals surface area contributed by atoms with Crippen molar-refractivity contribution >= 4 is 32.7 Å². The van der Waals surface area contributed by atoms with Crippen LogP contribution in [0.3, 0.4) is 0 Å². The Morgan fingerprint density at radius 3 is 2.96 bits per heavy atom. The van der Waals surface area contributed by atoms with E-state index < -0.39 is 0 Å². The molecular formula is C18H17N5O2S. The summed E-state index contributed by atoms with van der Waals surface area (Å²) in [5.74, 6) is 0.747. The molecule has 0 radical (unpaired) electrons. The second kappa shape index (κ2) is 6.64. The van der Waals surface area contributed by atoms with Crippen molar-refractivity contribution in [2.24, 2.45) is 0 Å². The second-order valence-corrected chi connectivity index (χ2v) is 7.12. The molecule has 1 N–H and O–H groups in total. The maximum absolute atomic E-state index is 5.91. The van der Waals surface area contributed by atoms with Crippen molar-refractivity contribution in [3.8, 4) is 10.9 Å². The maximum atomic E-state index is 5.91. The van der Waals surface area contributed by atoms with E-state index in [0.29, 0.717) is 10.8 Å². The van der Waals surface area contributed by atoms with Crippen LogP contribution in [0, 0.1) is 0 Å². The molecule has 132 valence electrons. The van der Waals surface area contributed by atoms with Crippen molar-refractivity contribution in [3.63, 3.8) is 0 Å². The van der Waals surface area contributed by atoms with E-state index in [1.54, 1.807) is 12.4 Å². The Bertz CT molecular complexity index is 1020. The topological polar surface area (TPSA) is 76.2 Å².